The van der Waals surface area contributed by atoms with E-state index in [4.69, 9.17) is 16.3 Å². The highest BCUT2D eigenvalue weighted by atomic mass is 16.5. The third-order valence-electron chi connectivity index (χ3n) is 3.47. The van der Waals surface area contributed by atoms with E-state index in [-0.39, 0.29) is 0 Å². The minimum atomic E-state index is 0.360. The molecule has 0 heterocycles. The predicted octanol–water partition coefficient (Wildman–Crippen LogP) is 1.50. The highest BCUT2D eigenvalue weighted by molar-refractivity contribution is 5.58. The molecular formula is C15H29N3O3. The van der Waals surface area contributed by atoms with E-state index in [2.05, 4.69) is 0 Å². The lowest BCUT2D eigenvalue weighted by Crippen LogP contribution is -2.33. The van der Waals surface area contributed by atoms with Crippen LogP contribution in [0.4, 0.5) is 0 Å². The topological polar surface area (TPSA) is 98.7 Å². The number of unbranched alkanes of at least 4 members (excludes halogenated alkanes) is 1. The molecule has 0 bridgehead atoms. The van der Waals surface area contributed by atoms with Gasteiger partial charge in [-0.2, -0.15) is 0 Å². The van der Waals surface area contributed by atoms with Gasteiger partial charge in [0.2, 0.25) is 0 Å². The summed E-state index contributed by atoms with van der Waals surface area (Å²) in [5.74, 6) is 5.90. The average molecular weight is 299 g/mol. The maximum Gasteiger partial charge on any atom is 0.120 e. The van der Waals surface area contributed by atoms with Gasteiger partial charge in [-0.15, -0.1) is 0 Å². The van der Waals surface area contributed by atoms with Crippen molar-refractivity contribution < 1.29 is 14.3 Å². The zero-order valence-electron chi connectivity index (χ0n) is 13.2. The van der Waals surface area contributed by atoms with E-state index in [1.54, 1.807) is 12.1 Å². The lowest BCUT2D eigenvalue weighted by Gasteiger charge is -2.26. The zero-order chi connectivity index (χ0) is 16.1. The number of allylic oxidation sites excluding steroid dienone is 2. The van der Waals surface area contributed by atoms with Crippen molar-refractivity contribution in [2.24, 2.45) is 11.6 Å². The maximum absolute atomic E-state index is 9.40. The summed E-state index contributed by atoms with van der Waals surface area (Å²) < 4.78 is 5.40. The van der Waals surface area contributed by atoms with Crippen LogP contribution in [0.5, 0.6) is 0 Å². The SMILES string of the molecule is CCN(N)/C1=C(\N)CCCC(OC)CC1.O=CCCC=O. The second kappa shape index (κ2) is 12.3. The number of nitrogens with zero attached hydrogens (tertiary/aromatic N) is 1. The van der Waals surface area contributed by atoms with E-state index in [1.807, 2.05) is 6.92 Å². The Kier molecular flexibility index (Phi) is 11.5. The number of aldehydes is 2. The van der Waals surface area contributed by atoms with Crippen LogP contribution in [0.3, 0.4) is 0 Å². The molecule has 1 rings (SSSR count). The van der Waals surface area contributed by atoms with E-state index >= 15 is 0 Å². The average Bonchev–Trinajstić information content (AvgIpc) is 2.49. The minimum absolute atomic E-state index is 0.360. The second-order valence-corrected chi connectivity index (χ2v) is 4.96. The highest BCUT2D eigenvalue weighted by Crippen LogP contribution is 2.23. The third kappa shape index (κ3) is 8.47. The molecule has 0 spiro atoms. The fourth-order valence-electron chi connectivity index (χ4n) is 2.16. The van der Waals surface area contributed by atoms with Crippen molar-refractivity contribution in [3.63, 3.8) is 0 Å². The van der Waals surface area contributed by atoms with Crippen LogP contribution in [0, 0.1) is 0 Å². The molecule has 1 aliphatic rings. The lowest BCUT2D eigenvalue weighted by molar-refractivity contribution is -0.112. The molecule has 0 aliphatic heterocycles. The van der Waals surface area contributed by atoms with Crippen molar-refractivity contribution in [1.29, 1.82) is 0 Å². The number of hydrogen-bond donors (Lipinski definition) is 2. The number of hydrogen-bond acceptors (Lipinski definition) is 6. The van der Waals surface area contributed by atoms with Crippen molar-refractivity contribution in [3.05, 3.63) is 11.4 Å². The first kappa shape index (κ1) is 19.6. The molecular weight excluding hydrogens is 270 g/mol. The van der Waals surface area contributed by atoms with Gasteiger partial charge >= 0.3 is 0 Å². The first-order valence-electron chi connectivity index (χ1n) is 7.50. The van der Waals surface area contributed by atoms with Crippen LogP contribution in [0.1, 0.15) is 51.9 Å². The van der Waals surface area contributed by atoms with Gasteiger partial charge in [-0.3, -0.25) is 0 Å². The molecule has 1 aliphatic carbocycles. The van der Waals surface area contributed by atoms with Crippen LogP contribution < -0.4 is 11.6 Å². The van der Waals surface area contributed by atoms with Gasteiger partial charge in [0.05, 0.1) is 6.10 Å². The summed E-state index contributed by atoms with van der Waals surface area (Å²) in [4.78, 5) is 18.8. The number of nitrogens with two attached hydrogens (primary N) is 2. The van der Waals surface area contributed by atoms with Gasteiger partial charge in [-0.05, 0) is 39.0 Å². The smallest absolute Gasteiger partial charge is 0.120 e. The molecule has 0 saturated carbocycles. The molecule has 0 amide bonds. The normalized spacial score (nSPS) is 22.3. The molecule has 0 aromatic rings. The van der Waals surface area contributed by atoms with Crippen molar-refractivity contribution >= 4 is 12.6 Å². The molecule has 1 unspecified atom stereocenters. The number of rotatable bonds is 6. The summed E-state index contributed by atoms with van der Waals surface area (Å²) in [6.45, 7) is 2.83. The Morgan fingerprint density at radius 3 is 2.33 bits per heavy atom. The molecule has 0 aromatic heterocycles. The molecule has 0 fully saturated rings. The van der Waals surface area contributed by atoms with Crippen LogP contribution in [0.2, 0.25) is 0 Å². The van der Waals surface area contributed by atoms with E-state index in [0.29, 0.717) is 18.9 Å². The van der Waals surface area contributed by atoms with Crippen molar-refractivity contribution in [2.75, 3.05) is 13.7 Å². The Bertz CT molecular complexity index is 324. The number of hydrazine groups is 1. The number of carbonyl (C=O) groups is 2. The largest absolute Gasteiger partial charge is 0.401 e. The van der Waals surface area contributed by atoms with E-state index in [1.165, 1.54) is 0 Å². The molecule has 0 saturated heterocycles. The van der Waals surface area contributed by atoms with Crippen LogP contribution in [-0.2, 0) is 14.3 Å². The van der Waals surface area contributed by atoms with Gasteiger partial charge in [0.25, 0.3) is 0 Å². The van der Waals surface area contributed by atoms with Gasteiger partial charge in [-0.1, -0.05) is 0 Å². The maximum atomic E-state index is 9.40. The van der Waals surface area contributed by atoms with Crippen LogP contribution in [0.15, 0.2) is 11.4 Å². The monoisotopic (exact) mass is 299 g/mol. The van der Waals surface area contributed by atoms with Gasteiger partial charge in [0, 0.05) is 37.9 Å². The van der Waals surface area contributed by atoms with E-state index < -0.39 is 0 Å². The molecule has 21 heavy (non-hydrogen) atoms. The Hall–Kier alpha value is -1.40. The molecule has 0 aromatic carbocycles. The summed E-state index contributed by atoms with van der Waals surface area (Å²) in [5.41, 5.74) is 8.08. The Labute approximate surface area is 127 Å². The van der Waals surface area contributed by atoms with Crippen molar-refractivity contribution in [2.45, 2.75) is 58.0 Å². The fourth-order valence-corrected chi connectivity index (χ4v) is 2.16. The summed E-state index contributed by atoms with van der Waals surface area (Å²) in [5, 5.41) is 1.76. The molecule has 6 heteroatoms. The predicted molar refractivity (Wildman–Crippen MR) is 83.0 cm³/mol. The number of ether oxygens (including phenoxy) is 1. The Balaban J connectivity index is 0.000000567. The summed E-state index contributed by atoms with van der Waals surface area (Å²) >= 11 is 0. The summed E-state index contributed by atoms with van der Waals surface area (Å²) in [6, 6.07) is 0. The van der Waals surface area contributed by atoms with Crippen molar-refractivity contribution in [1.82, 2.24) is 5.01 Å². The zero-order valence-corrected chi connectivity index (χ0v) is 13.2. The molecule has 6 nitrogen and oxygen atoms in total. The van der Waals surface area contributed by atoms with Crippen LogP contribution in [0.25, 0.3) is 0 Å². The van der Waals surface area contributed by atoms with Gasteiger partial charge in [0.15, 0.2) is 0 Å². The van der Waals surface area contributed by atoms with Gasteiger partial charge in [0.1, 0.15) is 12.6 Å². The molecule has 4 N–H and O–H groups in total. The van der Waals surface area contributed by atoms with Gasteiger partial charge in [-0.25, -0.2) is 5.84 Å². The van der Waals surface area contributed by atoms with Crippen LogP contribution in [-0.4, -0.2) is 37.3 Å². The van der Waals surface area contributed by atoms with Crippen molar-refractivity contribution in [3.8, 4) is 0 Å². The highest BCUT2D eigenvalue weighted by Gasteiger charge is 2.16. The lowest BCUT2D eigenvalue weighted by atomic mass is 9.99. The van der Waals surface area contributed by atoms with Gasteiger partial charge < -0.3 is 25.1 Å². The standard InChI is InChI=1S/C11H23N3O.C4H6O2/c1-3-14(13)11-8-7-9(15-2)5-4-6-10(11)12;5-3-1-2-4-6/h9H,3-8,12-13H2,1-2H3;3-4H,1-2H2/b11-10-;. The quantitative estimate of drug-likeness (QED) is 0.334. The minimum Gasteiger partial charge on any atom is -0.401 e. The fraction of sp³-hybridized carbons (Fsp3) is 0.733. The summed E-state index contributed by atoms with van der Waals surface area (Å²) in [7, 11) is 1.78. The molecule has 1 atom stereocenters. The van der Waals surface area contributed by atoms with Crippen LogP contribution >= 0.6 is 0 Å². The second-order valence-electron chi connectivity index (χ2n) is 4.96. The van der Waals surface area contributed by atoms with E-state index in [9.17, 15) is 9.59 Å². The molecule has 122 valence electrons. The number of carbonyl (C=O) groups excluding carboxylic acids is 2. The third-order valence-corrected chi connectivity index (χ3v) is 3.47. The Morgan fingerprint density at radius 2 is 1.86 bits per heavy atom. The summed E-state index contributed by atoms with van der Waals surface area (Å²) in [6.07, 6.45) is 7.61. The Morgan fingerprint density at radius 1 is 1.24 bits per heavy atom. The first-order chi connectivity index (χ1) is 10.1. The van der Waals surface area contributed by atoms with E-state index in [0.717, 1.165) is 62.6 Å². The first-order valence-corrected chi connectivity index (χ1v) is 7.50. The number of methoxy groups -OCH3 is 1. The molecule has 0 radical (unpaired) electrons.